The number of carbonyl (C=O) groups is 1. The standard InChI is InChI=1S/C13H20N4O3S/c18-13(10-17-6-2-8-21(17,19)20)15-5-1-3-12(9-15)16-7-4-14-11-16/h4,7,11-12H,1-3,5-6,8-10H2. The van der Waals surface area contributed by atoms with Crippen molar-refractivity contribution >= 4 is 15.9 Å². The van der Waals surface area contributed by atoms with E-state index in [0.717, 1.165) is 12.8 Å². The Labute approximate surface area is 124 Å². The summed E-state index contributed by atoms with van der Waals surface area (Å²) >= 11 is 0. The van der Waals surface area contributed by atoms with Gasteiger partial charge in [-0.2, -0.15) is 4.31 Å². The first-order chi connectivity index (χ1) is 10.1. The minimum atomic E-state index is -3.21. The van der Waals surface area contributed by atoms with E-state index in [9.17, 15) is 13.2 Å². The van der Waals surface area contributed by atoms with E-state index in [-0.39, 0.29) is 24.2 Å². The van der Waals surface area contributed by atoms with Gasteiger partial charge in [-0.25, -0.2) is 13.4 Å². The van der Waals surface area contributed by atoms with Gasteiger partial charge < -0.3 is 9.47 Å². The van der Waals surface area contributed by atoms with Crippen molar-refractivity contribution in [3.8, 4) is 0 Å². The molecule has 2 aliphatic heterocycles. The summed E-state index contributed by atoms with van der Waals surface area (Å²) in [4.78, 5) is 18.2. The van der Waals surface area contributed by atoms with Crippen molar-refractivity contribution in [2.24, 2.45) is 0 Å². The number of amides is 1. The van der Waals surface area contributed by atoms with Crippen molar-refractivity contribution in [3.05, 3.63) is 18.7 Å². The molecule has 3 rings (SSSR count). The van der Waals surface area contributed by atoms with E-state index in [2.05, 4.69) is 4.98 Å². The van der Waals surface area contributed by atoms with Gasteiger partial charge in [0.05, 0.1) is 24.7 Å². The Morgan fingerprint density at radius 3 is 2.81 bits per heavy atom. The minimum absolute atomic E-state index is 0.0149. The molecule has 0 radical (unpaired) electrons. The third kappa shape index (κ3) is 3.11. The normalized spacial score (nSPS) is 26.1. The van der Waals surface area contributed by atoms with E-state index in [1.807, 2.05) is 10.8 Å². The molecule has 2 aliphatic rings. The molecule has 7 nitrogen and oxygen atoms in total. The first-order valence-electron chi connectivity index (χ1n) is 7.29. The summed E-state index contributed by atoms with van der Waals surface area (Å²) in [5.41, 5.74) is 0. The van der Waals surface area contributed by atoms with Crippen LogP contribution in [0, 0.1) is 0 Å². The summed E-state index contributed by atoms with van der Waals surface area (Å²) in [6.07, 6.45) is 7.97. The second-order valence-electron chi connectivity index (χ2n) is 5.65. The maximum Gasteiger partial charge on any atom is 0.237 e. The van der Waals surface area contributed by atoms with Crippen LogP contribution in [0.4, 0.5) is 0 Å². The number of aromatic nitrogens is 2. The van der Waals surface area contributed by atoms with Crippen LogP contribution in [0.3, 0.4) is 0 Å². The average Bonchev–Trinajstić information content (AvgIpc) is 3.10. The van der Waals surface area contributed by atoms with Crippen LogP contribution in [-0.4, -0.2) is 65.0 Å². The first-order valence-corrected chi connectivity index (χ1v) is 8.90. The Kier molecular flexibility index (Phi) is 3.99. The van der Waals surface area contributed by atoms with Gasteiger partial charge in [0.25, 0.3) is 0 Å². The van der Waals surface area contributed by atoms with Gasteiger partial charge in [0.1, 0.15) is 0 Å². The third-order valence-electron chi connectivity index (χ3n) is 4.21. The molecule has 1 unspecified atom stereocenters. The molecular formula is C13H20N4O3S. The number of carbonyl (C=O) groups excluding carboxylic acids is 1. The van der Waals surface area contributed by atoms with E-state index in [1.165, 1.54) is 4.31 Å². The van der Waals surface area contributed by atoms with Crippen LogP contribution in [0.2, 0.25) is 0 Å². The van der Waals surface area contributed by atoms with E-state index in [1.54, 1.807) is 17.4 Å². The molecular weight excluding hydrogens is 292 g/mol. The summed E-state index contributed by atoms with van der Waals surface area (Å²) in [6, 6.07) is 0.236. The monoisotopic (exact) mass is 312 g/mol. The number of sulfonamides is 1. The van der Waals surface area contributed by atoms with Crippen molar-refractivity contribution in [1.29, 1.82) is 0 Å². The lowest BCUT2D eigenvalue weighted by Gasteiger charge is -2.34. The van der Waals surface area contributed by atoms with E-state index in [0.29, 0.717) is 26.1 Å². The molecule has 1 atom stereocenters. The highest BCUT2D eigenvalue weighted by atomic mass is 32.2. The maximum absolute atomic E-state index is 12.4. The first kappa shape index (κ1) is 14.5. The van der Waals surface area contributed by atoms with Crippen molar-refractivity contribution in [2.45, 2.75) is 25.3 Å². The van der Waals surface area contributed by atoms with Crippen LogP contribution < -0.4 is 0 Å². The van der Waals surface area contributed by atoms with Crippen LogP contribution in [0.5, 0.6) is 0 Å². The van der Waals surface area contributed by atoms with Gasteiger partial charge in [0, 0.05) is 32.0 Å². The van der Waals surface area contributed by atoms with Crippen LogP contribution in [-0.2, 0) is 14.8 Å². The Balaban J connectivity index is 1.62. The summed E-state index contributed by atoms with van der Waals surface area (Å²) in [7, 11) is -3.21. The smallest absolute Gasteiger partial charge is 0.237 e. The fraction of sp³-hybridized carbons (Fsp3) is 0.692. The zero-order valence-corrected chi connectivity index (χ0v) is 12.7. The van der Waals surface area contributed by atoms with Gasteiger partial charge in [0.2, 0.25) is 15.9 Å². The number of rotatable bonds is 3. The van der Waals surface area contributed by atoms with Gasteiger partial charge >= 0.3 is 0 Å². The Morgan fingerprint density at radius 1 is 1.29 bits per heavy atom. The Bertz CT molecular complexity index is 599. The van der Waals surface area contributed by atoms with Crippen molar-refractivity contribution in [2.75, 3.05) is 31.9 Å². The summed E-state index contributed by atoms with van der Waals surface area (Å²) in [6.45, 7) is 1.78. The molecule has 1 aromatic heterocycles. The predicted octanol–water partition coefficient (Wildman–Crippen LogP) is 0.0821. The molecule has 8 heteroatoms. The molecule has 2 saturated heterocycles. The average molecular weight is 312 g/mol. The molecule has 21 heavy (non-hydrogen) atoms. The number of piperidine rings is 1. The SMILES string of the molecule is O=C(CN1CCCS1(=O)=O)N1CCCC(n2ccnc2)C1. The van der Waals surface area contributed by atoms with Crippen LogP contribution in [0.25, 0.3) is 0 Å². The number of imidazole rings is 1. The molecule has 0 N–H and O–H groups in total. The van der Waals surface area contributed by atoms with Crippen molar-refractivity contribution in [3.63, 3.8) is 0 Å². The lowest BCUT2D eigenvalue weighted by atomic mass is 10.1. The number of likely N-dealkylation sites (tertiary alicyclic amines) is 1. The molecule has 2 fully saturated rings. The molecule has 0 aromatic carbocycles. The van der Waals surface area contributed by atoms with E-state index in [4.69, 9.17) is 0 Å². The fourth-order valence-corrected chi connectivity index (χ4v) is 4.50. The summed E-state index contributed by atoms with van der Waals surface area (Å²) in [5.74, 6) is 0.0723. The van der Waals surface area contributed by atoms with Crippen LogP contribution in [0.1, 0.15) is 25.3 Å². The second kappa shape index (κ2) is 5.76. The zero-order chi connectivity index (χ0) is 14.9. The van der Waals surface area contributed by atoms with E-state index >= 15 is 0 Å². The zero-order valence-electron chi connectivity index (χ0n) is 11.9. The quantitative estimate of drug-likeness (QED) is 0.792. The molecule has 116 valence electrons. The summed E-state index contributed by atoms with van der Waals surface area (Å²) < 4.78 is 26.9. The van der Waals surface area contributed by atoms with Crippen LogP contribution >= 0.6 is 0 Å². The molecule has 3 heterocycles. The van der Waals surface area contributed by atoms with Gasteiger partial charge in [-0.05, 0) is 19.3 Å². The maximum atomic E-state index is 12.4. The highest BCUT2D eigenvalue weighted by Gasteiger charge is 2.32. The topological polar surface area (TPSA) is 75.5 Å². The van der Waals surface area contributed by atoms with Gasteiger partial charge in [-0.15, -0.1) is 0 Å². The molecule has 1 amide bonds. The lowest BCUT2D eigenvalue weighted by molar-refractivity contribution is -0.133. The summed E-state index contributed by atoms with van der Waals surface area (Å²) in [5, 5.41) is 0. The molecule has 1 aromatic rings. The van der Waals surface area contributed by atoms with Crippen molar-refractivity contribution < 1.29 is 13.2 Å². The van der Waals surface area contributed by atoms with Gasteiger partial charge in [0.15, 0.2) is 0 Å². The van der Waals surface area contributed by atoms with Crippen LogP contribution in [0.15, 0.2) is 18.7 Å². The Hall–Kier alpha value is -1.41. The largest absolute Gasteiger partial charge is 0.339 e. The molecule has 0 spiro atoms. The number of hydrogen-bond donors (Lipinski definition) is 0. The number of nitrogens with zero attached hydrogens (tertiary/aromatic N) is 4. The van der Waals surface area contributed by atoms with Crippen molar-refractivity contribution in [1.82, 2.24) is 18.8 Å². The van der Waals surface area contributed by atoms with Gasteiger partial charge in [-0.3, -0.25) is 4.79 Å². The molecule has 0 saturated carbocycles. The highest BCUT2D eigenvalue weighted by Crippen LogP contribution is 2.22. The lowest BCUT2D eigenvalue weighted by Crippen LogP contribution is -2.45. The second-order valence-corrected chi connectivity index (χ2v) is 7.74. The highest BCUT2D eigenvalue weighted by molar-refractivity contribution is 7.89. The minimum Gasteiger partial charge on any atom is -0.339 e. The Morgan fingerprint density at radius 2 is 2.14 bits per heavy atom. The molecule has 0 aliphatic carbocycles. The third-order valence-corrected chi connectivity index (χ3v) is 6.11. The van der Waals surface area contributed by atoms with Gasteiger partial charge in [-0.1, -0.05) is 0 Å². The molecule has 0 bridgehead atoms. The fourth-order valence-electron chi connectivity index (χ4n) is 3.03. The van der Waals surface area contributed by atoms with E-state index < -0.39 is 10.0 Å². The number of hydrogen-bond acceptors (Lipinski definition) is 4. The predicted molar refractivity (Wildman–Crippen MR) is 77.1 cm³/mol.